The summed E-state index contributed by atoms with van der Waals surface area (Å²) in [5, 5.41) is 3.08. The van der Waals surface area contributed by atoms with Gasteiger partial charge in [-0.05, 0) is 66.6 Å². The molecule has 5 rings (SSSR count). The van der Waals surface area contributed by atoms with Gasteiger partial charge in [-0.3, -0.25) is 9.59 Å². The van der Waals surface area contributed by atoms with E-state index in [4.69, 9.17) is 5.73 Å². The maximum atomic E-state index is 13.1. The molecule has 1 aliphatic carbocycles. The van der Waals surface area contributed by atoms with E-state index in [1.807, 2.05) is 12.1 Å². The highest BCUT2D eigenvalue weighted by atomic mass is 16.2. The number of nitrogens with one attached hydrogen (secondary N) is 1. The molecule has 2 heterocycles. The first kappa shape index (κ1) is 24.8. The van der Waals surface area contributed by atoms with Gasteiger partial charge in [-0.1, -0.05) is 54.6 Å². The van der Waals surface area contributed by atoms with Gasteiger partial charge in [0.05, 0.1) is 6.54 Å². The molecule has 0 saturated heterocycles. The Morgan fingerprint density at radius 2 is 1.65 bits per heavy atom. The van der Waals surface area contributed by atoms with Crippen LogP contribution in [0.4, 0.5) is 0 Å². The van der Waals surface area contributed by atoms with Gasteiger partial charge >= 0.3 is 0 Å². The third-order valence-electron chi connectivity index (χ3n) is 7.39. The molecule has 0 radical (unpaired) electrons. The van der Waals surface area contributed by atoms with Crippen LogP contribution < -0.4 is 16.6 Å². The van der Waals surface area contributed by atoms with Crippen LogP contribution in [-0.2, 0) is 31.6 Å². The Bertz CT molecular complexity index is 1460. The summed E-state index contributed by atoms with van der Waals surface area (Å²) < 4.78 is 3.80. The Morgan fingerprint density at radius 3 is 2.30 bits per heavy atom. The molecule has 37 heavy (non-hydrogen) atoms. The van der Waals surface area contributed by atoms with Crippen LogP contribution in [0.15, 0.2) is 83.8 Å². The number of pyridine rings is 1. The number of nitrogens with zero attached hydrogens (tertiary/aromatic N) is 2. The SMILES string of the molecule is CCn1c(C(=O)NCc2ccc(C3(N)CC3)cc2)cc(C)c1Cc1ccc(Cn2ccccc2=O)cc1. The van der Waals surface area contributed by atoms with Crippen LogP contribution in [0.5, 0.6) is 0 Å². The van der Waals surface area contributed by atoms with Gasteiger partial charge in [0, 0.05) is 43.0 Å². The quantitative estimate of drug-likeness (QED) is 0.360. The fourth-order valence-corrected chi connectivity index (χ4v) is 4.90. The molecule has 1 aliphatic rings. The molecule has 6 heteroatoms. The van der Waals surface area contributed by atoms with Gasteiger partial charge in [-0.25, -0.2) is 0 Å². The highest BCUT2D eigenvalue weighted by Gasteiger charge is 2.39. The van der Waals surface area contributed by atoms with Gasteiger partial charge in [-0.2, -0.15) is 0 Å². The van der Waals surface area contributed by atoms with E-state index in [-0.39, 0.29) is 17.0 Å². The first-order valence-corrected chi connectivity index (χ1v) is 12.9. The second-order valence-electron chi connectivity index (χ2n) is 10.1. The van der Waals surface area contributed by atoms with E-state index in [0.717, 1.165) is 41.6 Å². The van der Waals surface area contributed by atoms with E-state index in [0.29, 0.717) is 25.3 Å². The molecule has 1 fully saturated rings. The molecule has 3 N–H and O–H groups in total. The van der Waals surface area contributed by atoms with Crippen molar-refractivity contribution in [3.05, 3.63) is 129 Å². The van der Waals surface area contributed by atoms with Crippen molar-refractivity contribution in [3.63, 3.8) is 0 Å². The average Bonchev–Trinajstić information content (AvgIpc) is 3.59. The zero-order valence-electron chi connectivity index (χ0n) is 21.5. The molecule has 2 aromatic heterocycles. The van der Waals surface area contributed by atoms with Crippen LogP contribution in [0.2, 0.25) is 0 Å². The number of rotatable bonds is 9. The Labute approximate surface area is 217 Å². The lowest BCUT2D eigenvalue weighted by Crippen LogP contribution is -2.26. The molecule has 2 aromatic carbocycles. The van der Waals surface area contributed by atoms with Gasteiger partial charge in [0.15, 0.2) is 0 Å². The predicted molar refractivity (Wildman–Crippen MR) is 147 cm³/mol. The lowest BCUT2D eigenvalue weighted by atomic mass is 10.0. The number of aryl methyl sites for hydroxylation is 1. The van der Waals surface area contributed by atoms with Crippen molar-refractivity contribution >= 4 is 5.91 Å². The third kappa shape index (κ3) is 5.44. The third-order valence-corrected chi connectivity index (χ3v) is 7.39. The molecule has 190 valence electrons. The molecular weight excluding hydrogens is 460 g/mol. The summed E-state index contributed by atoms with van der Waals surface area (Å²) in [6.45, 7) is 5.87. The number of carbonyl (C=O) groups excluding carboxylic acids is 1. The van der Waals surface area contributed by atoms with Crippen LogP contribution in [-0.4, -0.2) is 15.0 Å². The summed E-state index contributed by atoms with van der Waals surface area (Å²) in [5.41, 5.74) is 13.5. The largest absolute Gasteiger partial charge is 0.347 e. The van der Waals surface area contributed by atoms with Crippen LogP contribution in [0.25, 0.3) is 0 Å². The van der Waals surface area contributed by atoms with Gasteiger partial charge in [0.25, 0.3) is 11.5 Å². The van der Waals surface area contributed by atoms with Crippen LogP contribution in [0, 0.1) is 6.92 Å². The number of nitrogens with two attached hydrogens (primary N) is 1. The first-order valence-electron chi connectivity index (χ1n) is 12.9. The molecule has 1 amide bonds. The number of hydrogen-bond acceptors (Lipinski definition) is 3. The van der Waals surface area contributed by atoms with Crippen molar-refractivity contribution < 1.29 is 4.79 Å². The number of hydrogen-bond donors (Lipinski definition) is 2. The molecule has 0 spiro atoms. The molecular formula is C31H34N4O2. The first-order chi connectivity index (χ1) is 17.9. The lowest BCUT2D eigenvalue weighted by Gasteiger charge is -2.13. The Hall–Kier alpha value is -3.90. The Balaban J connectivity index is 1.25. The van der Waals surface area contributed by atoms with Crippen molar-refractivity contribution in [1.82, 2.24) is 14.5 Å². The van der Waals surface area contributed by atoms with Crippen LogP contribution in [0.1, 0.15) is 63.8 Å². The van der Waals surface area contributed by atoms with Gasteiger partial charge in [0.2, 0.25) is 0 Å². The van der Waals surface area contributed by atoms with Gasteiger partial charge < -0.3 is 20.2 Å². The fourth-order valence-electron chi connectivity index (χ4n) is 4.90. The van der Waals surface area contributed by atoms with E-state index in [9.17, 15) is 9.59 Å². The average molecular weight is 495 g/mol. The fraction of sp³-hybridized carbons (Fsp3) is 0.290. The Kier molecular flexibility index (Phi) is 6.85. The van der Waals surface area contributed by atoms with E-state index >= 15 is 0 Å². The summed E-state index contributed by atoms with van der Waals surface area (Å²) in [4.78, 5) is 25.1. The molecule has 1 saturated carbocycles. The van der Waals surface area contributed by atoms with Gasteiger partial charge in [-0.15, -0.1) is 0 Å². The van der Waals surface area contributed by atoms with Crippen molar-refractivity contribution in [2.24, 2.45) is 5.73 Å². The zero-order chi connectivity index (χ0) is 26.0. The molecule has 0 aliphatic heterocycles. The summed E-state index contributed by atoms with van der Waals surface area (Å²) >= 11 is 0. The van der Waals surface area contributed by atoms with E-state index < -0.39 is 0 Å². The second-order valence-corrected chi connectivity index (χ2v) is 10.1. The molecule has 0 bridgehead atoms. The number of benzene rings is 2. The van der Waals surface area contributed by atoms with Crippen molar-refractivity contribution in [2.45, 2.75) is 58.3 Å². The van der Waals surface area contributed by atoms with E-state index in [2.05, 4.69) is 72.3 Å². The van der Waals surface area contributed by atoms with Gasteiger partial charge in [0.1, 0.15) is 5.69 Å². The maximum absolute atomic E-state index is 13.1. The summed E-state index contributed by atoms with van der Waals surface area (Å²) in [5.74, 6) is -0.0681. The monoisotopic (exact) mass is 494 g/mol. The number of aromatic nitrogens is 2. The van der Waals surface area contributed by atoms with Crippen LogP contribution >= 0.6 is 0 Å². The maximum Gasteiger partial charge on any atom is 0.268 e. The topological polar surface area (TPSA) is 82.0 Å². The highest BCUT2D eigenvalue weighted by molar-refractivity contribution is 5.93. The second kappa shape index (κ2) is 10.2. The number of amides is 1. The summed E-state index contributed by atoms with van der Waals surface area (Å²) in [6.07, 6.45) is 4.62. The molecule has 4 aromatic rings. The standard InChI is InChI=1S/C31H34N4O2/c1-3-35-27(19-23-7-9-25(10-8-23)21-34-17-5-4-6-29(34)36)22(2)18-28(35)30(37)33-20-24-11-13-26(14-12-24)31(32)15-16-31/h4-14,17-18H,3,15-16,19-21,32H2,1-2H3,(H,33,37). The highest BCUT2D eigenvalue weighted by Crippen LogP contribution is 2.42. The van der Waals surface area contributed by atoms with Crippen molar-refractivity contribution in [3.8, 4) is 0 Å². The van der Waals surface area contributed by atoms with Crippen molar-refractivity contribution in [2.75, 3.05) is 0 Å². The Morgan fingerprint density at radius 1 is 0.973 bits per heavy atom. The zero-order valence-corrected chi connectivity index (χ0v) is 21.5. The normalized spacial score (nSPS) is 13.9. The summed E-state index contributed by atoms with van der Waals surface area (Å²) in [6, 6.07) is 23.8. The minimum atomic E-state index is -0.140. The summed E-state index contributed by atoms with van der Waals surface area (Å²) in [7, 11) is 0. The minimum Gasteiger partial charge on any atom is -0.347 e. The molecule has 6 nitrogen and oxygen atoms in total. The van der Waals surface area contributed by atoms with E-state index in [1.165, 1.54) is 11.1 Å². The smallest absolute Gasteiger partial charge is 0.268 e. The predicted octanol–water partition coefficient (Wildman–Crippen LogP) is 4.50. The molecule has 0 unspecified atom stereocenters. The minimum absolute atomic E-state index is 0.00648. The molecule has 0 atom stereocenters. The van der Waals surface area contributed by atoms with E-state index in [1.54, 1.807) is 22.9 Å². The van der Waals surface area contributed by atoms with Crippen LogP contribution in [0.3, 0.4) is 0 Å². The number of carbonyl (C=O) groups is 1. The van der Waals surface area contributed by atoms with Crippen molar-refractivity contribution in [1.29, 1.82) is 0 Å². The lowest BCUT2D eigenvalue weighted by molar-refractivity contribution is 0.0941.